The van der Waals surface area contributed by atoms with Crippen LogP contribution in [-0.2, 0) is 0 Å². The van der Waals surface area contributed by atoms with Gasteiger partial charge in [-0.2, -0.15) is 0 Å². The van der Waals surface area contributed by atoms with E-state index in [2.05, 4.69) is 15.4 Å². The lowest BCUT2D eigenvalue weighted by molar-refractivity contribution is 0.895. The summed E-state index contributed by atoms with van der Waals surface area (Å²) in [4.78, 5) is 18.3. The third-order valence-electron chi connectivity index (χ3n) is 2.27. The highest BCUT2D eigenvalue weighted by molar-refractivity contribution is 5.41. The number of hydrogen-bond donors (Lipinski definition) is 3. The number of H-pyrrole nitrogens is 1. The Bertz CT molecular complexity index is 380. The van der Waals surface area contributed by atoms with Crippen molar-refractivity contribution in [2.24, 2.45) is 5.84 Å². The SMILES string of the molecule is Cc1c(NN)nc(C2CC2)[nH]c1=O. The summed E-state index contributed by atoms with van der Waals surface area (Å²) < 4.78 is 0. The first-order valence-corrected chi connectivity index (χ1v) is 4.30. The standard InChI is InChI=1S/C8H12N4O/c1-4-6(12-9)10-7(5-2-3-5)11-8(4)13/h5H,2-3,9H2,1H3,(H2,10,11,12,13). The highest BCUT2D eigenvalue weighted by atomic mass is 16.1. The molecule has 70 valence electrons. The van der Waals surface area contributed by atoms with Gasteiger partial charge in [-0.25, -0.2) is 10.8 Å². The average Bonchev–Trinajstić information content (AvgIpc) is 2.92. The van der Waals surface area contributed by atoms with Crippen LogP contribution in [0.15, 0.2) is 4.79 Å². The summed E-state index contributed by atoms with van der Waals surface area (Å²) in [5, 5.41) is 0. The van der Waals surface area contributed by atoms with Gasteiger partial charge >= 0.3 is 0 Å². The molecule has 0 aliphatic heterocycles. The minimum absolute atomic E-state index is 0.107. The van der Waals surface area contributed by atoms with Crippen molar-refractivity contribution < 1.29 is 0 Å². The van der Waals surface area contributed by atoms with Crippen LogP contribution in [0.4, 0.5) is 5.82 Å². The second kappa shape index (κ2) is 2.85. The van der Waals surface area contributed by atoms with Crippen LogP contribution in [0.5, 0.6) is 0 Å². The van der Waals surface area contributed by atoms with Crippen molar-refractivity contribution in [1.29, 1.82) is 0 Å². The Hall–Kier alpha value is -1.36. The van der Waals surface area contributed by atoms with Crippen molar-refractivity contribution in [3.05, 3.63) is 21.7 Å². The fourth-order valence-electron chi connectivity index (χ4n) is 1.24. The Balaban J connectivity index is 2.50. The maximum Gasteiger partial charge on any atom is 0.255 e. The maximum atomic E-state index is 11.4. The molecule has 5 nitrogen and oxygen atoms in total. The Morgan fingerprint density at radius 1 is 1.62 bits per heavy atom. The zero-order valence-electron chi connectivity index (χ0n) is 7.42. The molecule has 1 aromatic heterocycles. The lowest BCUT2D eigenvalue weighted by Crippen LogP contribution is -2.20. The molecular formula is C8H12N4O. The predicted molar refractivity (Wildman–Crippen MR) is 49.4 cm³/mol. The highest BCUT2D eigenvalue weighted by Gasteiger charge is 2.26. The molecule has 0 unspecified atom stereocenters. The second-order valence-electron chi connectivity index (χ2n) is 3.34. The number of aromatic amines is 1. The molecule has 1 saturated carbocycles. The van der Waals surface area contributed by atoms with Gasteiger partial charge in [-0.3, -0.25) is 4.79 Å². The van der Waals surface area contributed by atoms with E-state index in [1.807, 2.05) is 0 Å². The molecule has 1 aliphatic rings. The van der Waals surface area contributed by atoms with Gasteiger partial charge in [0, 0.05) is 5.92 Å². The Morgan fingerprint density at radius 3 is 2.85 bits per heavy atom. The number of nitrogens with two attached hydrogens (primary N) is 1. The summed E-state index contributed by atoms with van der Waals surface area (Å²) in [6.07, 6.45) is 2.21. The van der Waals surface area contributed by atoms with E-state index in [9.17, 15) is 4.79 Å². The minimum Gasteiger partial charge on any atom is -0.310 e. The number of anilines is 1. The Labute approximate surface area is 75.3 Å². The van der Waals surface area contributed by atoms with Crippen LogP contribution in [0.3, 0.4) is 0 Å². The molecule has 1 aromatic rings. The van der Waals surface area contributed by atoms with E-state index in [4.69, 9.17) is 5.84 Å². The molecule has 5 heteroatoms. The van der Waals surface area contributed by atoms with E-state index < -0.39 is 0 Å². The lowest BCUT2D eigenvalue weighted by atomic mass is 10.3. The van der Waals surface area contributed by atoms with E-state index >= 15 is 0 Å². The number of rotatable bonds is 2. The van der Waals surface area contributed by atoms with Crippen LogP contribution >= 0.6 is 0 Å². The summed E-state index contributed by atoms with van der Waals surface area (Å²) in [7, 11) is 0. The monoisotopic (exact) mass is 180 g/mol. The second-order valence-corrected chi connectivity index (χ2v) is 3.34. The first-order chi connectivity index (χ1) is 6.22. The Kier molecular flexibility index (Phi) is 1.81. The largest absolute Gasteiger partial charge is 0.310 e. The van der Waals surface area contributed by atoms with Crippen molar-refractivity contribution in [2.45, 2.75) is 25.7 Å². The van der Waals surface area contributed by atoms with Crippen molar-refractivity contribution in [3.63, 3.8) is 0 Å². The fraction of sp³-hybridized carbons (Fsp3) is 0.500. The third kappa shape index (κ3) is 1.42. The zero-order valence-corrected chi connectivity index (χ0v) is 7.42. The molecule has 13 heavy (non-hydrogen) atoms. The van der Waals surface area contributed by atoms with Crippen LogP contribution in [-0.4, -0.2) is 9.97 Å². The topological polar surface area (TPSA) is 83.8 Å². The summed E-state index contributed by atoms with van der Waals surface area (Å²) in [5.74, 6) is 6.91. The molecule has 0 amide bonds. The first-order valence-electron chi connectivity index (χ1n) is 4.30. The minimum atomic E-state index is -0.107. The molecular weight excluding hydrogens is 168 g/mol. The van der Waals surface area contributed by atoms with E-state index in [-0.39, 0.29) is 5.56 Å². The maximum absolute atomic E-state index is 11.4. The van der Waals surface area contributed by atoms with E-state index in [0.717, 1.165) is 18.7 Å². The van der Waals surface area contributed by atoms with E-state index in [1.165, 1.54) is 0 Å². The summed E-state index contributed by atoms with van der Waals surface area (Å²) >= 11 is 0. The molecule has 1 heterocycles. The number of aromatic nitrogens is 2. The van der Waals surface area contributed by atoms with Gasteiger partial charge in [-0.15, -0.1) is 0 Å². The van der Waals surface area contributed by atoms with Gasteiger partial charge in [-0.05, 0) is 19.8 Å². The van der Waals surface area contributed by atoms with Gasteiger partial charge in [0.2, 0.25) is 0 Å². The van der Waals surface area contributed by atoms with Crippen molar-refractivity contribution in [1.82, 2.24) is 9.97 Å². The smallest absolute Gasteiger partial charge is 0.255 e. The molecule has 0 saturated heterocycles. The van der Waals surface area contributed by atoms with Crippen LogP contribution in [0.25, 0.3) is 0 Å². The van der Waals surface area contributed by atoms with Gasteiger partial charge in [0.05, 0.1) is 5.56 Å². The fourth-order valence-corrected chi connectivity index (χ4v) is 1.24. The average molecular weight is 180 g/mol. The van der Waals surface area contributed by atoms with Gasteiger partial charge in [-0.1, -0.05) is 0 Å². The molecule has 1 aliphatic carbocycles. The number of nitrogen functional groups attached to an aromatic ring is 1. The molecule has 4 N–H and O–H groups in total. The van der Waals surface area contributed by atoms with Crippen molar-refractivity contribution in [2.75, 3.05) is 5.43 Å². The molecule has 0 bridgehead atoms. The van der Waals surface area contributed by atoms with Crippen molar-refractivity contribution in [3.8, 4) is 0 Å². The number of hydrogen-bond acceptors (Lipinski definition) is 4. The van der Waals surface area contributed by atoms with Gasteiger partial charge in [0.1, 0.15) is 5.82 Å². The van der Waals surface area contributed by atoms with Gasteiger partial charge < -0.3 is 10.4 Å². The normalized spacial score (nSPS) is 15.8. The van der Waals surface area contributed by atoms with Crippen LogP contribution in [0, 0.1) is 6.92 Å². The van der Waals surface area contributed by atoms with Gasteiger partial charge in [0.15, 0.2) is 5.82 Å². The van der Waals surface area contributed by atoms with Crippen LogP contribution in [0.1, 0.15) is 30.1 Å². The molecule has 0 spiro atoms. The molecule has 0 radical (unpaired) electrons. The molecule has 0 aromatic carbocycles. The van der Waals surface area contributed by atoms with Gasteiger partial charge in [0.25, 0.3) is 5.56 Å². The van der Waals surface area contributed by atoms with E-state index in [0.29, 0.717) is 17.3 Å². The quantitative estimate of drug-likeness (QED) is 0.449. The Morgan fingerprint density at radius 2 is 2.31 bits per heavy atom. The lowest BCUT2D eigenvalue weighted by Gasteiger charge is -2.04. The number of hydrazine groups is 1. The van der Waals surface area contributed by atoms with Crippen LogP contribution < -0.4 is 16.8 Å². The predicted octanol–water partition coefficient (Wildman–Crippen LogP) is 0.241. The highest BCUT2D eigenvalue weighted by Crippen LogP contribution is 2.37. The summed E-state index contributed by atoms with van der Waals surface area (Å²) in [6, 6.07) is 0. The molecule has 2 rings (SSSR count). The molecule has 0 atom stereocenters. The third-order valence-corrected chi connectivity index (χ3v) is 2.27. The number of nitrogens with one attached hydrogen (secondary N) is 2. The van der Waals surface area contributed by atoms with Crippen molar-refractivity contribution >= 4 is 5.82 Å². The zero-order chi connectivity index (χ0) is 9.42. The van der Waals surface area contributed by atoms with Crippen LogP contribution in [0.2, 0.25) is 0 Å². The first kappa shape index (κ1) is 8.25. The molecule has 1 fully saturated rings. The summed E-state index contributed by atoms with van der Waals surface area (Å²) in [6.45, 7) is 1.69. The summed E-state index contributed by atoms with van der Waals surface area (Å²) in [5.41, 5.74) is 2.86. The number of nitrogens with zero attached hydrogens (tertiary/aromatic N) is 1. The van der Waals surface area contributed by atoms with E-state index in [1.54, 1.807) is 6.92 Å².